The molecule has 0 aromatic heterocycles. The zero-order valence-electron chi connectivity index (χ0n) is 10.2. The van der Waals surface area contributed by atoms with Crippen LogP contribution in [-0.2, 0) is 4.74 Å². The average molecular weight is 206 g/mol. The zero-order valence-corrected chi connectivity index (χ0v) is 10.2. The minimum atomic E-state index is 0.349. The maximum Gasteiger partial charge on any atom is 0.0829 e. The summed E-state index contributed by atoms with van der Waals surface area (Å²) in [6.45, 7) is 6.64. The van der Waals surface area contributed by atoms with Crippen LogP contribution >= 0.6 is 0 Å². The largest absolute Gasteiger partial charge is 0.366 e. The highest BCUT2D eigenvalue weighted by atomic mass is 16.5. The van der Waals surface area contributed by atoms with E-state index in [9.17, 15) is 0 Å². The molecule has 84 valence electrons. The Kier molecular flexibility index (Phi) is 3.30. The van der Waals surface area contributed by atoms with Gasteiger partial charge in [0.25, 0.3) is 0 Å². The molecule has 1 fully saturated rings. The van der Waals surface area contributed by atoms with Crippen LogP contribution in [0.2, 0.25) is 0 Å². The summed E-state index contributed by atoms with van der Waals surface area (Å²) in [7, 11) is 0. The van der Waals surface area contributed by atoms with Crippen molar-refractivity contribution in [2.24, 2.45) is 0 Å². The molecule has 0 amide bonds. The molecule has 0 spiro atoms. The molecule has 15 heavy (non-hydrogen) atoms. The van der Waals surface area contributed by atoms with Crippen molar-refractivity contribution in [3.63, 3.8) is 0 Å². The molecule has 0 aromatic rings. The smallest absolute Gasteiger partial charge is 0.0829 e. The first-order valence-electron chi connectivity index (χ1n) is 6.29. The fourth-order valence-corrected chi connectivity index (χ4v) is 2.98. The number of ether oxygens (including phenoxy) is 1. The van der Waals surface area contributed by atoms with Crippen molar-refractivity contribution < 1.29 is 4.74 Å². The van der Waals surface area contributed by atoms with Crippen LogP contribution in [0.1, 0.15) is 52.9 Å². The molecule has 2 atom stereocenters. The summed E-state index contributed by atoms with van der Waals surface area (Å²) in [6, 6.07) is 0. The second-order valence-electron chi connectivity index (χ2n) is 4.66. The first kappa shape index (κ1) is 10.9. The van der Waals surface area contributed by atoms with E-state index in [2.05, 4.69) is 26.8 Å². The van der Waals surface area contributed by atoms with Gasteiger partial charge in [-0.05, 0) is 56.3 Å². The SMILES string of the molecule is C/C=C1\C(C)=C2CCCC[C@H]2OC1CC. The number of hydrogen-bond acceptors (Lipinski definition) is 1. The number of rotatable bonds is 1. The summed E-state index contributed by atoms with van der Waals surface area (Å²) in [5, 5.41) is 0. The predicted molar refractivity (Wildman–Crippen MR) is 63.9 cm³/mol. The van der Waals surface area contributed by atoms with Gasteiger partial charge in [0.1, 0.15) is 0 Å². The Balaban J connectivity index is 2.33. The minimum absolute atomic E-state index is 0.349. The first-order valence-corrected chi connectivity index (χ1v) is 6.29. The zero-order chi connectivity index (χ0) is 10.8. The van der Waals surface area contributed by atoms with Crippen LogP contribution in [0.5, 0.6) is 0 Å². The van der Waals surface area contributed by atoms with Crippen molar-refractivity contribution in [1.29, 1.82) is 0 Å². The number of hydrogen-bond donors (Lipinski definition) is 0. The Bertz CT molecular complexity index is 298. The molecule has 0 bridgehead atoms. The normalized spacial score (nSPS) is 34.5. The predicted octanol–water partition coefficient (Wildman–Crippen LogP) is 4.00. The third-order valence-electron chi connectivity index (χ3n) is 3.82. The van der Waals surface area contributed by atoms with Crippen LogP contribution in [0.4, 0.5) is 0 Å². The molecular weight excluding hydrogens is 184 g/mol. The maximum atomic E-state index is 6.19. The molecule has 1 saturated carbocycles. The van der Waals surface area contributed by atoms with Gasteiger partial charge in [0.2, 0.25) is 0 Å². The molecule has 1 aliphatic heterocycles. The summed E-state index contributed by atoms with van der Waals surface area (Å²) >= 11 is 0. The Hall–Kier alpha value is -0.560. The molecule has 1 heteroatoms. The minimum Gasteiger partial charge on any atom is -0.366 e. The van der Waals surface area contributed by atoms with Gasteiger partial charge in [-0.15, -0.1) is 0 Å². The third-order valence-corrected chi connectivity index (χ3v) is 3.82. The molecule has 1 heterocycles. The molecule has 0 aromatic carbocycles. The van der Waals surface area contributed by atoms with Gasteiger partial charge in [0.15, 0.2) is 0 Å². The Morgan fingerprint density at radius 3 is 2.87 bits per heavy atom. The lowest BCUT2D eigenvalue weighted by Gasteiger charge is -2.37. The molecule has 2 aliphatic rings. The van der Waals surface area contributed by atoms with E-state index in [4.69, 9.17) is 4.74 Å². The summed E-state index contributed by atoms with van der Waals surface area (Å²) < 4.78 is 6.19. The van der Waals surface area contributed by atoms with Crippen LogP contribution in [0.3, 0.4) is 0 Å². The summed E-state index contributed by atoms with van der Waals surface area (Å²) in [5.41, 5.74) is 4.55. The second-order valence-corrected chi connectivity index (χ2v) is 4.66. The van der Waals surface area contributed by atoms with Crippen LogP contribution in [0, 0.1) is 0 Å². The first-order chi connectivity index (χ1) is 7.27. The standard InChI is InChI=1S/C14H22O/c1-4-11-10(3)12-8-6-7-9-14(12)15-13(11)5-2/h4,13-14H,5-9H2,1-3H3/b11-4+/t13?,14-/m1/s1. The number of fused-ring (bicyclic) bond motifs is 1. The fourth-order valence-electron chi connectivity index (χ4n) is 2.98. The maximum absolute atomic E-state index is 6.19. The molecule has 1 aliphatic carbocycles. The van der Waals surface area contributed by atoms with Crippen molar-refractivity contribution >= 4 is 0 Å². The summed E-state index contributed by atoms with van der Waals surface area (Å²) in [5.74, 6) is 0. The highest BCUT2D eigenvalue weighted by molar-refractivity contribution is 5.41. The van der Waals surface area contributed by atoms with E-state index in [0.29, 0.717) is 12.2 Å². The van der Waals surface area contributed by atoms with E-state index in [1.807, 2.05) is 0 Å². The van der Waals surface area contributed by atoms with E-state index in [1.165, 1.54) is 36.8 Å². The van der Waals surface area contributed by atoms with E-state index in [-0.39, 0.29) is 0 Å². The third kappa shape index (κ3) is 1.90. The monoisotopic (exact) mass is 206 g/mol. The average Bonchev–Trinajstić information content (AvgIpc) is 2.29. The Morgan fingerprint density at radius 1 is 1.40 bits per heavy atom. The lowest BCUT2D eigenvalue weighted by molar-refractivity contribution is 0.00529. The van der Waals surface area contributed by atoms with Gasteiger partial charge in [-0.1, -0.05) is 19.4 Å². The van der Waals surface area contributed by atoms with Crippen molar-refractivity contribution in [2.75, 3.05) is 0 Å². The van der Waals surface area contributed by atoms with Gasteiger partial charge < -0.3 is 4.74 Å². The summed E-state index contributed by atoms with van der Waals surface area (Å²) in [6.07, 6.45) is 9.30. The fraction of sp³-hybridized carbons (Fsp3) is 0.714. The van der Waals surface area contributed by atoms with E-state index in [1.54, 1.807) is 5.57 Å². The van der Waals surface area contributed by atoms with E-state index in [0.717, 1.165) is 6.42 Å². The highest BCUT2D eigenvalue weighted by Gasteiger charge is 2.31. The highest BCUT2D eigenvalue weighted by Crippen LogP contribution is 2.38. The van der Waals surface area contributed by atoms with Crippen molar-refractivity contribution in [1.82, 2.24) is 0 Å². The van der Waals surface area contributed by atoms with Crippen LogP contribution in [0.15, 0.2) is 22.8 Å². The Labute approximate surface area is 93.2 Å². The van der Waals surface area contributed by atoms with Crippen LogP contribution in [-0.4, -0.2) is 12.2 Å². The molecule has 2 rings (SSSR count). The second kappa shape index (κ2) is 4.52. The van der Waals surface area contributed by atoms with Crippen LogP contribution < -0.4 is 0 Å². The van der Waals surface area contributed by atoms with E-state index >= 15 is 0 Å². The molecule has 1 nitrogen and oxygen atoms in total. The Morgan fingerprint density at radius 2 is 2.20 bits per heavy atom. The van der Waals surface area contributed by atoms with E-state index < -0.39 is 0 Å². The summed E-state index contributed by atoms with van der Waals surface area (Å²) in [4.78, 5) is 0. The molecule has 1 unspecified atom stereocenters. The molecule has 0 saturated heterocycles. The van der Waals surface area contributed by atoms with Gasteiger partial charge in [-0.2, -0.15) is 0 Å². The molecular formula is C14H22O. The lowest BCUT2D eigenvalue weighted by atomic mass is 9.82. The number of allylic oxidation sites excluding steroid dienone is 1. The van der Waals surface area contributed by atoms with Crippen molar-refractivity contribution in [3.8, 4) is 0 Å². The van der Waals surface area contributed by atoms with Gasteiger partial charge in [0, 0.05) is 0 Å². The topological polar surface area (TPSA) is 9.23 Å². The quantitative estimate of drug-likeness (QED) is 0.630. The lowest BCUT2D eigenvalue weighted by Crippen LogP contribution is -2.33. The van der Waals surface area contributed by atoms with Crippen molar-refractivity contribution in [2.45, 2.75) is 65.1 Å². The van der Waals surface area contributed by atoms with Gasteiger partial charge in [-0.3, -0.25) is 0 Å². The van der Waals surface area contributed by atoms with Crippen molar-refractivity contribution in [3.05, 3.63) is 22.8 Å². The molecule has 0 N–H and O–H groups in total. The molecule has 0 radical (unpaired) electrons. The van der Waals surface area contributed by atoms with Gasteiger partial charge in [-0.25, -0.2) is 0 Å². The van der Waals surface area contributed by atoms with Gasteiger partial charge >= 0.3 is 0 Å². The van der Waals surface area contributed by atoms with Crippen LogP contribution in [0.25, 0.3) is 0 Å². The van der Waals surface area contributed by atoms with Gasteiger partial charge in [0.05, 0.1) is 12.2 Å².